The van der Waals surface area contributed by atoms with Gasteiger partial charge in [0.25, 0.3) is 0 Å². The van der Waals surface area contributed by atoms with Crippen LogP contribution in [0.2, 0.25) is 0 Å². The highest BCUT2D eigenvalue weighted by Gasteiger charge is 1.65. The molecule has 0 aromatic rings. The molecule has 56 valence electrons. The highest BCUT2D eigenvalue weighted by molar-refractivity contribution is 5.04. The van der Waals surface area contributed by atoms with E-state index in [0.717, 1.165) is 12.8 Å². The summed E-state index contributed by atoms with van der Waals surface area (Å²) in [5.74, 6) is 0. The van der Waals surface area contributed by atoms with Crippen LogP contribution in [0.3, 0.4) is 0 Å². The molecule has 0 unspecified atom stereocenters. The molecular weight excluding hydrogens is 120 g/mol. The zero-order valence-electron chi connectivity index (χ0n) is 6.88. The summed E-state index contributed by atoms with van der Waals surface area (Å²) in [4.78, 5) is 0. The van der Waals surface area contributed by atoms with Crippen molar-refractivity contribution >= 4 is 0 Å². The first-order chi connectivity index (χ1) is 4.91. The molecule has 0 fully saturated rings. The molecule has 10 heavy (non-hydrogen) atoms. The first-order valence-electron chi connectivity index (χ1n) is 3.84. The second-order valence-corrected chi connectivity index (χ2v) is 2.07. The molecule has 0 heteroatoms. The Bertz CT molecular complexity index is 127. The lowest BCUT2D eigenvalue weighted by atomic mass is 10.3. The van der Waals surface area contributed by atoms with Crippen molar-refractivity contribution in [3.8, 4) is 0 Å². The average molecular weight is 136 g/mol. The Labute approximate surface area is 64.0 Å². The zero-order chi connectivity index (χ0) is 7.66. The van der Waals surface area contributed by atoms with Gasteiger partial charge in [0, 0.05) is 0 Å². The Morgan fingerprint density at radius 1 is 1.00 bits per heavy atom. The monoisotopic (exact) mass is 136 g/mol. The number of allylic oxidation sites excluding steroid dienone is 6. The van der Waals surface area contributed by atoms with Gasteiger partial charge in [-0.2, -0.15) is 0 Å². The third kappa shape index (κ3) is 7.22. The summed E-state index contributed by atoms with van der Waals surface area (Å²) in [6, 6.07) is 0. The van der Waals surface area contributed by atoms with Gasteiger partial charge in [-0.15, -0.1) is 0 Å². The van der Waals surface area contributed by atoms with E-state index in [1.807, 2.05) is 6.92 Å². The van der Waals surface area contributed by atoms with Crippen LogP contribution >= 0.6 is 0 Å². The maximum absolute atomic E-state index is 2.14. The van der Waals surface area contributed by atoms with E-state index in [2.05, 4.69) is 43.4 Å². The van der Waals surface area contributed by atoms with E-state index in [0.29, 0.717) is 0 Å². The fraction of sp³-hybridized carbons (Fsp3) is 0.400. The van der Waals surface area contributed by atoms with Gasteiger partial charge in [-0.05, 0) is 19.8 Å². The van der Waals surface area contributed by atoms with Gasteiger partial charge < -0.3 is 0 Å². The van der Waals surface area contributed by atoms with Gasteiger partial charge in [0.2, 0.25) is 0 Å². The van der Waals surface area contributed by atoms with Crippen LogP contribution in [0.4, 0.5) is 0 Å². The van der Waals surface area contributed by atoms with Crippen LogP contribution in [-0.4, -0.2) is 0 Å². The predicted molar refractivity (Wildman–Crippen MR) is 48.0 cm³/mol. The fourth-order valence-electron chi connectivity index (χ4n) is 0.586. The summed E-state index contributed by atoms with van der Waals surface area (Å²) in [5.41, 5.74) is 0. The van der Waals surface area contributed by atoms with Crippen LogP contribution in [0, 0.1) is 0 Å². The van der Waals surface area contributed by atoms with E-state index in [9.17, 15) is 0 Å². The third-order valence-corrected chi connectivity index (χ3v) is 1.13. The van der Waals surface area contributed by atoms with Crippen LogP contribution in [-0.2, 0) is 0 Å². The van der Waals surface area contributed by atoms with Crippen LogP contribution in [0.15, 0.2) is 36.5 Å². The summed E-state index contributed by atoms with van der Waals surface area (Å²) >= 11 is 0. The molecule has 0 amide bonds. The molecule has 0 aliphatic carbocycles. The van der Waals surface area contributed by atoms with E-state index in [1.54, 1.807) is 0 Å². The number of hydrogen-bond donors (Lipinski definition) is 0. The Kier molecular flexibility index (Phi) is 7.58. The van der Waals surface area contributed by atoms with E-state index >= 15 is 0 Å². The lowest BCUT2D eigenvalue weighted by molar-refractivity contribution is 1.22. The van der Waals surface area contributed by atoms with E-state index in [1.165, 1.54) is 0 Å². The molecule has 0 heterocycles. The molecule has 0 atom stereocenters. The molecule has 0 aliphatic heterocycles. The van der Waals surface area contributed by atoms with Crippen molar-refractivity contribution in [3.05, 3.63) is 36.5 Å². The first kappa shape index (κ1) is 9.22. The summed E-state index contributed by atoms with van der Waals surface area (Å²) in [6.07, 6.45) is 14.8. The lowest BCUT2D eigenvalue weighted by Crippen LogP contribution is -1.56. The van der Waals surface area contributed by atoms with Crippen molar-refractivity contribution in [2.24, 2.45) is 0 Å². The van der Waals surface area contributed by atoms with Crippen molar-refractivity contribution in [3.63, 3.8) is 0 Å². The molecule has 0 radical (unpaired) electrons. The van der Waals surface area contributed by atoms with Crippen molar-refractivity contribution in [1.82, 2.24) is 0 Å². The zero-order valence-corrected chi connectivity index (χ0v) is 6.88. The first-order valence-corrected chi connectivity index (χ1v) is 3.84. The van der Waals surface area contributed by atoms with Gasteiger partial charge in [-0.1, -0.05) is 43.4 Å². The maximum atomic E-state index is 2.14. The van der Waals surface area contributed by atoms with E-state index in [4.69, 9.17) is 0 Å². The molecule has 0 saturated heterocycles. The molecule has 0 spiro atoms. The van der Waals surface area contributed by atoms with E-state index < -0.39 is 0 Å². The smallest absolute Gasteiger partial charge is 0.0166 e. The van der Waals surface area contributed by atoms with Crippen molar-refractivity contribution < 1.29 is 0 Å². The van der Waals surface area contributed by atoms with Crippen molar-refractivity contribution in [1.29, 1.82) is 0 Å². The molecular formula is C10H16. The molecule has 0 nitrogen and oxygen atoms in total. The molecule has 0 aromatic heterocycles. The van der Waals surface area contributed by atoms with Crippen LogP contribution in [0.25, 0.3) is 0 Å². The Morgan fingerprint density at radius 3 is 2.30 bits per heavy atom. The van der Waals surface area contributed by atoms with Gasteiger partial charge >= 0.3 is 0 Å². The number of hydrogen-bond acceptors (Lipinski definition) is 0. The Morgan fingerprint density at radius 2 is 1.70 bits per heavy atom. The number of rotatable bonds is 4. The van der Waals surface area contributed by atoms with Gasteiger partial charge in [-0.25, -0.2) is 0 Å². The summed E-state index contributed by atoms with van der Waals surface area (Å²) in [5, 5.41) is 0. The Balaban J connectivity index is 3.28. The molecule has 0 aliphatic rings. The largest absolute Gasteiger partial charge is 0.0914 e. The van der Waals surface area contributed by atoms with Crippen LogP contribution in [0.5, 0.6) is 0 Å². The Hall–Kier alpha value is -0.780. The molecule has 0 saturated carbocycles. The minimum Gasteiger partial charge on any atom is -0.0914 e. The summed E-state index contributed by atoms with van der Waals surface area (Å²) in [7, 11) is 0. The van der Waals surface area contributed by atoms with Crippen molar-refractivity contribution in [2.75, 3.05) is 0 Å². The molecule has 0 rings (SSSR count). The van der Waals surface area contributed by atoms with Gasteiger partial charge in [-0.3, -0.25) is 0 Å². The van der Waals surface area contributed by atoms with Gasteiger partial charge in [0.05, 0.1) is 0 Å². The van der Waals surface area contributed by atoms with Crippen LogP contribution in [0.1, 0.15) is 26.7 Å². The maximum Gasteiger partial charge on any atom is -0.0166 e. The SMILES string of the molecule is C/C=C/C/C=C/C=C/CC. The predicted octanol–water partition coefficient (Wildman–Crippen LogP) is 3.48. The summed E-state index contributed by atoms with van der Waals surface area (Å²) < 4.78 is 0. The van der Waals surface area contributed by atoms with Gasteiger partial charge in [0.15, 0.2) is 0 Å². The molecule has 0 bridgehead atoms. The van der Waals surface area contributed by atoms with Crippen molar-refractivity contribution in [2.45, 2.75) is 26.7 Å². The quantitative estimate of drug-likeness (QED) is 0.410. The third-order valence-electron chi connectivity index (χ3n) is 1.13. The molecule has 0 N–H and O–H groups in total. The second-order valence-electron chi connectivity index (χ2n) is 2.07. The highest BCUT2D eigenvalue weighted by atomic mass is 13.7. The minimum absolute atomic E-state index is 1.05. The molecule has 0 aromatic carbocycles. The fourth-order valence-corrected chi connectivity index (χ4v) is 0.586. The second kappa shape index (κ2) is 8.22. The highest BCUT2D eigenvalue weighted by Crippen LogP contribution is 1.87. The van der Waals surface area contributed by atoms with Crippen LogP contribution < -0.4 is 0 Å². The normalized spacial score (nSPS) is 12.6. The summed E-state index contributed by atoms with van der Waals surface area (Å²) in [6.45, 7) is 4.17. The van der Waals surface area contributed by atoms with Gasteiger partial charge in [0.1, 0.15) is 0 Å². The minimum atomic E-state index is 1.05. The standard InChI is InChI=1S/C10H16/c1-3-5-7-9-10-8-6-4-2/h3,5-6,8-10H,4,7H2,1-2H3/b5-3+,8-6+,10-9+. The lowest BCUT2D eigenvalue weighted by Gasteiger charge is -1.77. The van der Waals surface area contributed by atoms with E-state index in [-0.39, 0.29) is 0 Å². The topological polar surface area (TPSA) is 0 Å². The average Bonchev–Trinajstić information content (AvgIpc) is 1.97.